The van der Waals surface area contributed by atoms with Gasteiger partial charge in [0.1, 0.15) is 5.82 Å². The van der Waals surface area contributed by atoms with Crippen LogP contribution in [0.4, 0.5) is 0 Å². The molecule has 1 rings (SSSR count). The normalized spacial score (nSPS) is 11.9. The summed E-state index contributed by atoms with van der Waals surface area (Å²) in [6.45, 7) is 11.7. The first-order valence-corrected chi connectivity index (χ1v) is 6.35. The van der Waals surface area contributed by atoms with Crippen molar-refractivity contribution >= 4 is 0 Å². The summed E-state index contributed by atoms with van der Waals surface area (Å²) >= 11 is 0. The van der Waals surface area contributed by atoms with Gasteiger partial charge in [0.05, 0.1) is 0 Å². The summed E-state index contributed by atoms with van der Waals surface area (Å²) in [4.78, 5) is 9.30. The van der Waals surface area contributed by atoms with Crippen molar-refractivity contribution < 1.29 is 0 Å². The molecule has 0 atom stereocenters. The van der Waals surface area contributed by atoms with Crippen LogP contribution in [-0.4, -0.2) is 23.6 Å². The van der Waals surface area contributed by atoms with E-state index in [0.717, 1.165) is 36.6 Å². The molecular weight excluding hydrogens is 210 g/mol. The van der Waals surface area contributed by atoms with E-state index in [1.807, 2.05) is 7.05 Å². The fourth-order valence-corrected chi connectivity index (χ4v) is 1.88. The lowest BCUT2D eigenvalue weighted by atomic mass is 9.94. The van der Waals surface area contributed by atoms with Crippen molar-refractivity contribution in [2.45, 2.75) is 52.9 Å². The molecule has 96 valence electrons. The van der Waals surface area contributed by atoms with Crippen molar-refractivity contribution in [2.24, 2.45) is 0 Å². The Hall–Kier alpha value is -0.960. The van der Waals surface area contributed by atoms with Crippen LogP contribution in [0.5, 0.6) is 0 Å². The van der Waals surface area contributed by atoms with Gasteiger partial charge in [-0.25, -0.2) is 9.97 Å². The second-order valence-corrected chi connectivity index (χ2v) is 5.65. The van der Waals surface area contributed by atoms with E-state index in [4.69, 9.17) is 0 Å². The monoisotopic (exact) mass is 235 g/mol. The quantitative estimate of drug-likeness (QED) is 0.815. The van der Waals surface area contributed by atoms with Crippen LogP contribution in [0, 0.1) is 13.8 Å². The summed E-state index contributed by atoms with van der Waals surface area (Å²) in [7, 11) is 1.99. The fourth-order valence-electron chi connectivity index (χ4n) is 1.88. The first-order chi connectivity index (χ1) is 7.86. The topological polar surface area (TPSA) is 37.8 Å². The predicted molar refractivity (Wildman–Crippen MR) is 72.5 cm³/mol. The summed E-state index contributed by atoms with van der Waals surface area (Å²) in [5.74, 6) is 0.949. The van der Waals surface area contributed by atoms with E-state index in [0.29, 0.717) is 0 Å². The largest absolute Gasteiger partial charge is 0.320 e. The van der Waals surface area contributed by atoms with E-state index >= 15 is 0 Å². The van der Waals surface area contributed by atoms with Gasteiger partial charge in [-0.1, -0.05) is 20.8 Å². The zero-order valence-electron chi connectivity index (χ0n) is 12.0. The molecule has 1 aromatic rings. The molecule has 0 spiro atoms. The summed E-state index contributed by atoms with van der Waals surface area (Å²) in [5.41, 5.74) is 3.62. The SMILES string of the molecule is CNCCCc1c(C)nc(C(C)(C)C)nc1C. The molecule has 0 bridgehead atoms. The van der Waals surface area contributed by atoms with E-state index in [2.05, 4.69) is 49.9 Å². The van der Waals surface area contributed by atoms with Gasteiger partial charge < -0.3 is 5.32 Å². The molecule has 0 aliphatic carbocycles. The Morgan fingerprint density at radius 2 is 1.59 bits per heavy atom. The van der Waals surface area contributed by atoms with Gasteiger partial charge in [0.25, 0.3) is 0 Å². The molecule has 1 N–H and O–H groups in total. The van der Waals surface area contributed by atoms with Crippen molar-refractivity contribution in [3.63, 3.8) is 0 Å². The van der Waals surface area contributed by atoms with Crippen molar-refractivity contribution in [1.82, 2.24) is 15.3 Å². The van der Waals surface area contributed by atoms with Crippen LogP contribution in [0.1, 0.15) is 50.0 Å². The second-order valence-electron chi connectivity index (χ2n) is 5.65. The Bertz CT molecular complexity index is 355. The minimum atomic E-state index is 0.0268. The van der Waals surface area contributed by atoms with E-state index in [1.165, 1.54) is 5.56 Å². The number of aryl methyl sites for hydroxylation is 2. The van der Waals surface area contributed by atoms with Crippen LogP contribution in [0.2, 0.25) is 0 Å². The summed E-state index contributed by atoms with van der Waals surface area (Å²) in [5, 5.41) is 3.17. The molecular formula is C14H25N3. The zero-order chi connectivity index (χ0) is 13.1. The molecule has 0 aliphatic heterocycles. The summed E-state index contributed by atoms with van der Waals surface area (Å²) < 4.78 is 0. The Labute approximate surface area is 105 Å². The molecule has 17 heavy (non-hydrogen) atoms. The van der Waals surface area contributed by atoms with E-state index < -0.39 is 0 Å². The molecule has 0 saturated heterocycles. The maximum atomic E-state index is 4.65. The number of nitrogens with zero attached hydrogens (tertiary/aromatic N) is 2. The van der Waals surface area contributed by atoms with Crippen molar-refractivity contribution in [3.8, 4) is 0 Å². The van der Waals surface area contributed by atoms with Crippen LogP contribution in [-0.2, 0) is 11.8 Å². The van der Waals surface area contributed by atoms with Crippen molar-refractivity contribution in [3.05, 3.63) is 22.8 Å². The maximum Gasteiger partial charge on any atom is 0.134 e. The number of hydrogen-bond donors (Lipinski definition) is 1. The standard InChI is InChI=1S/C14H25N3/c1-10-12(8-7-9-15-6)11(2)17-13(16-10)14(3,4)5/h15H,7-9H2,1-6H3. The Balaban J connectivity index is 2.95. The van der Waals surface area contributed by atoms with Crippen LogP contribution in [0.25, 0.3) is 0 Å². The Morgan fingerprint density at radius 3 is 2.00 bits per heavy atom. The van der Waals surface area contributed by atoms with Crippen LogP contribution in [0.15, 0.2) is 0 Å². The van der Waals surface area contributed by atoms with Gasteiger partial charge in [0.15, 0.2) is 0 Å². The van der Waals surface area contributed by atoms with Crippen LogP contribution in [0.3, 0.4) is 0 Å². The highest BCUT2D eigenvalue weighted by molar-refractivity contribution is 5.26. The van der Waals surface area contributed by atoms with Gasteiger partial charge in [0, 0.05) is 16.8 Å². The molecule has 1 aromatic heterocycles. The number of aromatic nitrogens is 2. The average Bonchev–Trinajstić information content (AvgIpc) is 2.20. The fraction of sp³-hybridized carbons (Fsp3) is 0.714. The highest BCUT2D eigenvalue weighted by Crippen LogP contribution is 2.21. The number of nitrogens with one attached hydrogen (secondary N) is 1. The first kappa shape index (κ1) is 14.1. The molecule has 0 radical (unpaired) electrons. The minimum Gasteiger partial charge on any atom is -0.320 e. The van der Waals surface area contributed by atoms with Gasteiger partial charge in [-0.3, -0.25) is 0 Å². The van der Waals surface area contributed by atoms with Gasteiger partial charge >= 0.3 is 0 Å². The van der Waals surface area contributed by atoms with Crippen molar-refractivity contribution in [1.29, 1.82) is 0 Å². The lowest BCUT2D eigenvalue weighted by molar-refractivity contribution is 0.538. The smallest absolute Gasteiger partial charge is 0.134 e. The molecule has 3 heteroatoms. The van der Waals surface area contributed by atoms with Crippen LogP contribution >= 0.6 is 0 Å². The van der Waals surface area contributed by atoms with Crippen LogP contribution < -0.4 is 5.32 Å². The zero-order valence-corrected chi connectivity index (χ0v) is 12.0. The molecule has 0 aliphatic rings. The lowest BCUT2D eigenvalue weighted by Crippen LogP contribution is -2.19. The van der Waals surface area contributed by atoms with Crippen molar-refractivity contribution in [2.75, 3.05) is 13.6 Å². The molecule has 0 fully saturated rings. The summed E-state index contributed by atoms with van der Waals surface area (Å²) in [6.07, 6.45) is 2.19. The molecule has 1 heterocycles. The number of hydrogen-bond acceptors (Lipinski definition) is 3. The summed E-state index contributed by atoms with van der Waals surface area (Å²) in [6, 6.07) is 0. The molecule has 0 aromatic carbocycles. The molecule has 0 unspecified atom stereocenters. The highest BCUT2D eigenvalue weighted by Gasteiger charge is 2.19. The van der Waals surface area contributed by atoms with Gasteiger partial charge in [-0.2, -0.15) is 0 Å². The van der Waals surface area contributed by atoms with Gasteiger partial charge in [-0.05, 0) is 45.8 Å². The Morgan fingerprint density at radius 1 is 1.06 bits per heavy atom. The minimum absolute atomic E-state index is 0.0268. The molecule has 0 amide bonds. The van der Waals surface area contributed by atoms with E-state index in [1.54, 1.807) is 0 Å². The second kappa shape index (κ2) is 5.58. The predicted octanol–water partition coefficient (Wildman–Crippen LogP) is 2.54. The third kappa shape index (κ3) is 3.77. The Kier molecular flexibility index (Phi) is 4.63. The van der Waals surface area contributed by atoms with Gasteiger partial charge in [0.2, 0.25) is 0 Å². The first-order valence-electron chi connectivity index (χ1n) is 6.35. The maximum absolute atomic E-state index is 4.65. The highest BCUT2D eigenvalue weighted by atomic mass is 14.9. The average molecular weight is 235 g/mol. The third-order valence-electron chi connectivity index (χ3n) is 2.95. The molecule has 0 saturated carbocycles. The molecule has 3 nitrogen and oxygen atoms in total. The number of rotatable bonds is 4. The third-order valence-corrected chi connectivity index (χ3v) is 2.95. The van der Waals surface area contributed by atoms with Gasteiger partial charge in [-0.15, -0.1) is 0 Å². The van der Waals surface area contributed by atoms with E-state index in [-0.39, 0.29) is 5.41 Å². The van der Waals surface area contributed by atoms with E-state index in [9.17, 15) is 0 Å². The lowest BCUT2D eigenvalue weighted by Gasteiger charge is -2.19.